The normalized spacial score (nSPS) is 19.2. The van der Waals surface area contributed by atoms with Gasteiger partial charge in [0, 0.05) is 37.7 Å². The highest BCUT2D eigenvalue weighted by atomic mass is 19.1. The lowest BCUT2D eigenvalue weighted by Crippen LogP contribution is -2.53. The standard InChI is InChI=1S/C22H24FN3O4/c1-22(2,3)19-11-15(7-9-26(19)21(28)29)30-16-6-8-25(20(27)12-16)18-5-4-14(13-24)10-17(18)23/h4-6,8,10,12,15,19H,7,9,11H2,1-3H3,(H,28,29). The zero-order valence-corrected chi connectivity index (χ0v) is 17.1. The average Bonchev–Trinajstić information content (AvgIpc) is 2.67. The van der Waals surface area contributed by atoms with E-state index in [4.69, 9.17) is 10.00 Å². The minimum Gasteiger partial charge on any atom is -0.490 e. The number of aromatic nitrogens is 1. The molecule has 158 valence electrons. The maximum Gasteiger partial charge on any atom is 0.407 e. The monoisotopic (exact) mass is 413 g/mol. The molecular formula is C22H24FN3O4. The first-order valence-electron chi connectivity index (χ1n) is 9.69. The van der Waals surface area contributed by atoms with Crippen LogP contribution in [0.25, 0.3) is 5.69 Å². The second kappa shape index (κ2) is 8.19. The number of pyridine rings is 1. The van der Waals surface area contributed by atoms with Gasteiger partial charge in [-0.3, -0.25) is 9.36 Å². The van der Waals surface area contributed by atoms with Crippen LogP contribution in [0.5, 0.6) is 5.75 Å². The minimum absolute atomic E-state index is 0.0492. The lowest BCUT2D eigenvalue weighted by atomic mass is 9.80. The molecule has 0 bridgehead atoms. The minimum atomic E-state index is -0.944. The van der Waals surface area contributed by atoms with Crippen molar-refractivity contribution >= 4 is 6.09 Å². The number of rotatable bonds is 3. The van der Waals surface area contributed by atoms with Gasteiger partial charge in [-0.2, -0.15) is 5.26 Å². The smallest absolute Gasteiger partial charge is 0.407 e. The van der Waals surface area contributed by atoms with E-state index in [0.29, 0.717) is 25.1 Å². The Labute approximate surface area is 173 Å². The number of hydrogen-bond acceptors (Lipinski definition) is 4. The Kier molecular flexibility index (Phi) is 5.83. The number of piperidine rings is 1. The quantitative estimate of drug-likeness (QED) is 0.826. The van der Waals surface area contributed by atoms with Crippen molar-refractivity contribution in [3.63, 3.8) is 0 Å². The molecule has 1 amide bonds. The average molecular weight is 413 g/mol. The van der Waals surface area contributed by atoms with Gasteiger partial charge in [0.1, 0.15) is 17.7 Å². The first-order valence-corrected chi connectivity index (χ1v) is 9.69. The van der Waals surface area contributed by atoms with Crippen LogP contribution in [0.4, 0.5) is 9.18 Å². The van der Waals surface area contributed by atoms with E-state index in [-0.39, 0.29) is 28.8 Å². The van der Waals surface area contributed by atoms with Crippen molar-refractivity contribution in [3.8, 4) is 17.5 Å². The molecule has 8 heteroatoms. The molecule has 1 fully saturated rings. The van der Waals surface area contributed by atoms with E-state index in [1.807, 2.05) is 26.8 Å². The Morgan fingerprint density at radius 2 is 2.03 bits per heavy atom. The number of carboxylic acid groups (broad SMARTS) is 1. The maximum atomic E-state index is 14.2. The third-order valence-corrected chi connectivity index (χ3v) is 5.33. The number of nitriles is 1. The zero-order chi connectivity index (χ0) is 22.1. The van der Waals surface area contributed by atoms with Crippen LogP contribution in [0, 0.1) is 22.6 Å². The van der Waals surface area contributed by atoms with Gasteiger partial charge in [-0.05, 0) is 29.7 Å². The Bertz CT molecular complexity index is 1050. The number of likely N-dealkylation sites (tertiary alicyclic amines) is 1. The van der Waals surface area contributed by atoms with Gasteiger partial charge in [0.2, 0.25) is 0 Å². The topological polar surface area (TPSA) is 95.6 Å². The molecule has 3 rings (SSSR count). The lowest BCUT2D eigenvalue weighted by Gasteiger charge is -2.44. The van der Waals surface area contributed by atoms with Crippen molar-refractivity contribution < 1.29 is 19.0 Å². The molecule has 2 aromatic rings. The Balaban J connectivity index is 1.79. The second-order valence-electron chi connectivity index (χ2n) is 8.47. The van der Waals surface area contributed by atoms with Gasteiger partial charge >= 0.3 is 6.09 Å². The first kappa shape index (κ1) is 21.4. The summed E-state index contributed by atoms with van der Waals surface area (Å²) < 4.78 is 21.4. The summed E-state index contributed by atoms with van der Waals surface area (Å²) in [6.45, 7) is 6.32. The number of halogens is 1. The van der Waals surface area contributed by atoms with Crippen molar-refractivity contribution in [1.82, 2.24) is 9.47 Å². The largest absolute Gasteiger partial charge is 0.490 e. The van der Waals surface area contributed by atoms with Crippen molar-refractivity contribution in [2.45, 2.75) is 45.8 Å². The predicted octanol–water partition coefficient (Wildman–Crippen LogP) is 3.78. The Morgan fingerprint density at radius 1 is 1.30 bits per heavy atom. The van der Waals surface area contributed by atoms with Gasteiger partial charge < -0.3 is 14.7 Å². The summed E-state index contributed by atoms with van der Waals surface area (Å²) >= 11 is 0. The third-order valence-electron chi connectivity index (χ3n) is 5.33. The molecular weight excluding hydrogens is 389 g/mol. The molecule has 1 saturated heterocycles. The number of amides is 1. The summed E-state index contributed by atoms with van der Waals surface area (Å²) in [6, 6.07) is 8.41. The highest BCUT2D eigenvalue weighted by molar-refractivity contribution is 5.65. The molecule has 1 aromatic carbocycles. The highest BCUT2D eigenvalue weighted by Gasteiger charge is 2.39. The molecule has 1 aromatic heterocycles. The predicted molar refractivity (Wildman–Crippen MR) is 108 cm³/mol. The lowest BCUT2D eigenvalue weighted by molar-refractivity contribution is 0.0130. The number of ether oxygens (including phenoxy) is 1. The third kappa shape index (κ3) is 4.46. The molecule has 1 aliphatic heterocycles. The van der Waals surface area contributed by atoms with Crippen LogP contribution < -0.4 is 10.3 Å². The van der Waals surface area contributed by atoms with Gasteiger partial charge in [0.15, 0.2) is 0 Å². The number of hydrogen-bond donors (Lipinski definition) is 1. The van der Waals surface area contributed by atoms with E-state index in [9.17, 15) is 19.1 Å². The van der Waals surface area contributed by atoms with E-state index in [2.05, 4.69) is 0 Å². The second-order valence-corrected chi connectivity index (χ2v) is 8.47. The van der Waals surface area contributed by atoms with Crippen LogP contribution >= 0.6 is 0 Å². The van der Waals surface area contributed by atoms with Gasteiger partial charge in [-0.1, -0.05) is 20.8 Å². The van der Waals surface area contributed by atoms with Crippen LogP contribution in [0.15, 0.2) is 41.3 Å². The summed E-state index contributed by atoms with van der Waals surface area (Å²) in [5, 5.41) is 18.3. The van der Waals surface area contributed by atoms with Crippen molar-refractivity contribution in [2.75, 3.05) is 6.54 Å². The summed E-state index contributed by atoms with van der Waals surface area (Å²) in [4.78, 5) is 25.5. The molecule has 0 saturated carbocycles. The van der Waals surface area contributed by atoms with E-state index in [1.54, 1.807) is 6.07 Å². The van der Waals surface area contributed by atoms with E-state index < -0.39 is 17.5 Å². The summed E-state index contributed by atoms with van der Waals surface area (Å²) in [5.41, 5.74) is -0.498. The molecule has 1 aliphatic rings. The molecule has 2 atom stereocenters. The fourth-order valence-corrected chi connectivity index (χ4v) is 3.79. The first-order chi connectivity index (χ1) is 14.1. The van der Waals surface area contributed by atoms with Gasteiger partial charge in [-0.15, -0.1) is 0 Å². The van der Waals surface area contributed by atoms with Crippen LogP contribution in [-0.4, -0.2) is 39.4 Å². The SMILES string of the molecule is CC(C)(C)C1CC(Oc2ccn(-c3ccc(C#N)cc3F)c(=O)c2)CCN1C(=O)O. The van der Waals surface area contributed by atoms with Gasteiger partial charge in [0.25, 0.3) is 5.56 Å². The van der Waals surface area contributed by atoms with Crippen molar-refractivity contribution in [2.24, 2.45) is 5.41 Å². The Morgan fingerprint density at radius 3 is 2.60 bits per heavy atom. The summed E-state index contributed by atoms with van der Waals surface area (Å²) in [5.74, 6) is -0.314. The molecule has 7 nitrogen and oxygen atoms in total. The van der Waals surface area contributed by atoms with E-state index in [1.165, 1.54) is 29.3 Å². The van der Waals surface area contributed by atoms with Crippen molar-refractivity contribution in [3.05, 3.63) is 58.3 Å². The molecule has 0 radical (unpaired) electrons. The number of benzene rings is 1. The molecule has 2 heterocycles. The zero-order valence-electron chi connectivity index (χ0n) is 17.1. The fourth-order valence-electron chi connectivity index (χ4n) is 3.79. The van der Waals surface area contributed by atoms with E-state index >= 15 is 0 Å². The number of nitrogens with zero attached hydrogens (tertiary/aromatic N) is 3. The molecule has 2 unspecified atom stereocenters. The summed E-state index contributed by atoms with van der Waals surface area (Å²) in [7, 11) is 0. The van der Waals surface area contributed by atoms with Crippen LogP contribution in [-0.2, 0) is 0 Å². The van der Waals surface area contributed by atoms with Gasteiger partial charge in [0.05, 0.1) is 17.3 Å². The van der Waals surface area contributed by atoms with Crippen LogP contribution in [0.1, 0.15) is 39.2 Å². The van der Waals surface area contributed by atoms with E-state index in [0.717, 1.165) is 10.6 Å². The molecule has 0 spiro atoms. The van der Waals surface area contributed by atoms with Gasteiger partial charge in [-0.25, -0.2) is 9.18 Å². The van der Waals surface area contributed by atoms with Crippen LogP contribution in [0.2, 0.25) is 0 Å². The van der Waals surface area contributed by atoms with Crippen molar-refractivity contribution in [1.29, 1.82) is 5.26 Å². The Hall–Kier alpha value is -3.34. The van der Waals surface area contributed by atoms with Crippen LogP contribution in [0.3, 0.4) is 0 Å². The maximum absolute atomic E-state index is 14.2. The summed E-state index contributed by atoms with van der Waals surface area (Å²) in [6.07, 6.45) is 1.29. The fraction of sp³-hybridized carbons (Fsp3) is 0.409. The molecule has 30 heavy (non-hydrogen) atoms. The molecule has 1 N–H and O–H groups in total. The number of carbonyl (C=O) groups is 1. The molecule has 0 aliphatic carbocycles. The highest BCUT2D eigenvalue weighted by Crippen LogP contribution is 2.33.